The van der Waals surface area contributed by atoms with Crippen molar-refractivity contribution in [1.82, 2.24) is 0 Å². The maximum Gasteiger partial charge on any atom is 0.184 e. The summed E-state index contributed by atoms with van der Waals surface area (Å²) >= 11 is 13.3. The molecule has 174 valence electrons. The smallest absolute Gasteiger partial charge is 0.184 e. The first-order chi connectivity index (χ1) is 13.7. The van der Waals surface area contributed by atoms with Gasteiger partial charge in [-0.1, -0.05) is 42.3 Å². The summed E-state index contributed by atoms with van der Waals surface area (Å²) in [5.74, 6) is 0.278. The summed E-state index contributed by atoms with van der Waals surface area (Å²) < 4.78 is 12.6. The van der Waals surface area contributed by atoms with E-state index in [9.17, 15) is 0 Å². The molecule has 7 heteroatoms. The van der Waals surface area contributed by atoms with Crippen molar-refractivity contribution in [3.8, 4) is 0 Å². The minimum atomic E-state index is -1.58. The maximum atomic E-state index is 6.67. The first-order valence-electron chi connectivity index (χ1n) is 11.2. The minimum absolute atomic E-state index is 0. The Kier molecular flexibility index (Phi) is 11.5. The van der Waals surface area contributed by atoms with Gasteiger partial charge < -0.3 is 8.85 Å². The van der Waals surface area contributed by atoms with E-state index in [1.54, 1.807) is 0 Å². The molecule has 0 saturated carbocycles. The van der Waals surface area contributed by atoms with Gasteiger partial charge in [0, 0.05) is 67.2 Å². The Hall–Kier alpha value is 0.777. The zero-order chi connectivity index (χ0) is 22.9. The molecule has 0 aromatic heterocycles. The quantitative estimate of drug-likeness (QED) is 0.242. The Bertz CT molecular complexity index is 709. The first kappa shape index (κ1) is 29.8. The van der Waals surface area contributed by atoms with E-state index in [1.165, 1.54) is 22.3 Å². The van der Waals surface area contributed by atoms with Crippen molar-refractivity contribution in [2.45, 2.75) is 97.9 Å². The Labute approximate surface area is 221 Å². The number of rotatable bonds is 10. The molecule has 0 fully saturated rings. The van der Waals surface area contributed by atoms with Crippen LogP contribution in [0.2, 0.25) is 39.3 Å². The molecular weight excluding hydrogens is 539 g/mol. The van der Waals surface area contributed by atoms with E-state index in [-0.39, 0.29) is 44.3 Å². The van der Waals surface area contributed by atoms with Gasteiger partial charge in [0.05, 0.1) is 0 Å². The van der Waals surface area contributed by atoms with Crippen LogP contribution in [0.15, 0.2) is 44.5 Å². The van der Waals surface area contributed by atoms with Gasteiger partial charge in [0.15, 0.2) is 16.6 Å². The summed E-state index contributed by atoms with van der Waals surface area (Å²) in [4.78, 5) is 0. The fourth-order valence-corrected chi connectivity index (χ4v) is 7.68. The van der Waals surface area contributed by atoms with Gasteiger partial charge in [-0.15, -0.1) is 0 Å². The van der Waals surface area contributed by atoms with E-state index < -0.39 is 16.6 Å². The summed E-state index contributed by atoms with van der Waals surface area (Å²) in [6.07, 6.45) is 8.35. The number of hydrogen-bond donors (Lipinski definition) is 0. The van der Waals surface area contributed by atoms with Crippen molar-refractivity contribution in [3.05, 3.63) is 44.5 Å². The van der Waals surface area contributed by atoms with Crippen LogP contribution in [0.3, 0.4) is 0 Å². The largest absolute Gasteiger partial charge is 0.415 e. The predicted molar refractivity (Wildman–Crippen MR) is 137 cm³/mol. The molecular formula is C24H40Cl2O2Si2Zr. The van der Waals surface area contributed by atoms with E-state index >= 15 is 0 Å². The topological polar surface area (TPSA) is 18.5 Å². The molecule has 31 heavy (non-hydrogen) atoms. The predicted octanol–water partition coefficient (Wildman–Crippen LogP) is 8.53. The third-order valence-electron chi connectivity index (χ3n) is 5.38. The summed E-state index contributed by atoms with van der Waals surface area (Å²) in [5, 5.41) is 1.93. The molecule has 2 rings (SSSR count). The molecule has 2 aliphatic carbocycles. The summed E-state index contributed by atoms with van der Waals surface area (Å²) in [5.41, 5.74) is 5.23. The van der Waals surface area contributed by atoms with Crippen molar-refractivity contribution >= 4 is 39.8 Å². The van der Waals surface area contributed by atoms with Gasteiger partial charge in [-0.25, -0.2) is 0 Å². The van der Waals surface area contributed by atoms with E-state index in [1.807, 2.05) is 0 Å². The molecule has 2 atom stereocenters. The zero-order valence-corrected chi connectivity index (χ0v) is 26.8. The molecule has 0 spiro atoms. The van der Waals surface area contributed by atoms with Gasteiger partial charge in [0.2, 0.25) is 0 Å². The average molecular weight is 579 g/mol. The second kappa shape index (κ2) is 12.0. The van der Waals surface area contributed by atoms with Gasteiger partial charge in [-0.05, 0) is 88.3 Å². The van der Waals surface area contributed by atoms with Crippen LogP contribution in [-0.2, 0) is 35.1 Å². The van der Waals surface area contributed by atoms with Crippen molar-refractivity contribution in [2.24, 2.45) is 5.92 Å². The third-order valence-corrected chi connectivity index (χ3v) is 8.36. The molecule has 0 aromatic rings. The van der Waals surface area contributed by atoms with E-state index in [4.69, 9.17) is 32.1 Å². The molecule has 0 aromatic carbocycles. The second-order valence-corrected chi connectivity index (χ2v) is 20.5. The monoisotopic (exact) mass is 576 g/mol. The van der Waals surface area contributed by atoms with Crippen LogP contribution in [0, 0.1) is 5.92 Å². The van der Waals surface area contributed by atoms with E-state index in [0.717, 1.165) is 35.7 Å². The van der Waals surface area contributed by atoms with Crippen LogP contribution in [0.5, 0.6) is 0 Å². The number of hydrogen-bond acceptors (Lipinski definition) is 2. The number of halogens is 2. The van der Waals surface area contributed by atoms with Crippen LogP contribution in [0.1, 0.15) is 46.5 Å². The van der Waals surface area contributed by atoms with Gasteiger partial charge in [0.25, 0.3) is 0 Å². The van der Waals surface area contributed by atoms with E-state index in [2.05, 4.69) is 72.2 Å². The van der Waals surface area contributed by atoms with Gasteiger partial charge >= 0.3 is 0 Å². The van der Waals surface area contributed by atoms with E-state index in [0.29, 0.717) is 0 Å². The Morgan fingerprint density at radius 1 is 0.742 bits per heavy atom. The summed E-state index contributed by atoms with van der Waals surface area (Å²) in [6.45, 7) is 20.0. The van der Waals surface area contributed by atoms with Crippen LogP contribution < -0.4 is 0 Å². The molecule has 2 unspecified atom stereocenters. The fraction of sp³-hybridized carbons (Fsp3) is 0.667. The molecule has 0 bridgehead atoms. The molecule has 0 saturated heterocycles. The van der Waals surface area contributed by atoms with Crippen LogP contribution in [-0.4, -0.2) is 28.8 Å². The van der Waals surface area contributed by atoms with Gasteiger partial charge in [-0.2, -0.15) is 0 Å². The molecule has 0 amide bonds. The van der Waals surface area contributed by atoms with Gasteiger partial charge in [-0.3, -0.25) is 0 Å². The average Bonchev–Trinajstić information content (AvgIpc) is 3.08. The Morgan fingerprint density at radius 2 is 1.06 bits per heavy atom. The van der Waals surface area contributed by atoms with Crippen molar-refractivity contribution in [2.75, 3.05) is 0 Å². The standard InChI is InChI=1S/C24H40Cl2O2Si2.Zr/c1-16(27-29(4,5)6)14-21-19(10-12-23(21)25)18(3)20-11-13-24(26)22(20)15-17(2)28-30(7,8)9;/h10-11,16-18H,12-15H2,1-9H3;. The molecule has 2 nitrogen and oxygen atoms in total. The Balaban J connectivity index is 0.00000480. The number of allylic oxidation sites excluding steroid dienone is 6. The maximum absolute atomic E-state index is 6.67. The fourth-order valence-electron chi connectivity index (χ4n) is 4.57. The molecule has 0 heterocycles. The third kappa shape index (κ3) is 9.15. The molecule has 2 aliphatic rings. The van der Waals surface area contributed by atoms with Gasteiger partial charge in [0.1, 0.15) is 0 Å². The molecule has 0 radical (unpaired) electrons. The molecule has 0 aliphatic heterocycles. The van der Waals surface area contributed by atoms with Crippen molar-refractivity contribution in [3.63, 3.8) is 0 Å². The second-order valence-electron chi connectivity index (χ2n) is 10.7. The SMILES string of the molecule is CC(CC1=C(Cl)CC=C1C(C)C1=CCC(Cl)=C1CC(C)O[Si](C)(C)C)O[Si](C)(C)C.[Zr]. The van der Waals surface area contributed by atoms with Crippen LogP contribution in [0.25, 0.3) is 0 Å². The van der Waals surface area contributed by atoms with Crippen LogP contribution in [0.4, 0.5) is 0 Å². The normalized spacial score (nSPS) is 20.5. The Morgan fingerprint density at radius 3 is 1.35 bits per heavy atom. The van der Waals surface area contributed by atoms with Crippen LogP contribution >= 0.6 is 23.2 Å². The van der Waals surface area contributed by atoms with Crippen molar-refractivity contribution in [1.29, 1.82) is 0 Å². The minimum Gasteiger partial charge on any atom is -0.415 e. The summed E-state index contributed by atoms with van der Waals surface area (Å²) in [6, 6.07) is 0. The molecule has 0 N–H and O–H groups in total. The zero-order valence-electron chi connectivity index (χ0n) is 20.8. The van der Waals surface area contributed by atoms with Crippen molar-refractivity contribution < 1.29 is 35.1 Å². The summed E-state index contributed by atoms with van der Waals surface area (Å²) in [7, 11) is -3.16. The first-order valence-corrected chi connectivity index (χ1v) is 18.8.